The maximum atomic E-state index is 4.39. The van der Waals surface area contributed by atoms with Crippen molar-refractivity contribution in [2.45, 2.75) is 13.8 Å². The first-order chi connectivity index (χ1) is 9.65. The van der Waals surface area contributed by atoms with E-state index in [4.69, 9.17) is 0 Å². The molecule has 3 rings (SSSR count). The number of nitrogens with one attached hydrogen (secondary N) is 1. The van der Waals surface area contributed by atoms with Crippen LogP contribution in [-0.4, -0.2) is 9.97 Å². The summed E-state index contributed by atoms with van der Waals surface area (Å²) in [6, 6.07) is 12.4. The van der Waals surface area contributed by atoms with Crippen molar-refractivity contribution in [3.05, 3.63) is 57.4 Å². The Morgan fingerprint density at radius 2 is 1.75 bits per heavy atom. The number of fused-ring (bicyclic) bond motifs is 1. The van der Waals surface area contributed by atoms with Crippen molar-refractivity contribution in [3.8, 4) is 0 Å². The Kier molecular flexibility index (Phi) is 3.56. The molecule has 20 heavy (non-hydrogen) atoms. The van der Waals surface area contributed by atoms with Crippen molar-refractivity contribution >= 4 is 45.0 Å². The minimum Gasteiger partial charge on any atom is -0.339 e. The lowest BCUT2D eigenvalue weighted by molar-refractivity contribution is 1.21. The lowest BCUT2D eigenvalue weighted by atomic mass is 10.1. The number of benzene rings is 2. The summed E-state index contributed by atoms with van der Waals surface area (Å²) >= 11 is 2.32. The fourth-order valence-corrected chi connectivity index (χ4v) is 2.63. The van der Waals surface area contributed by atoms with Gasteiger partial charge in [-0.25, -0.2) is 9.97 Å². The summed E-state index contributed by atoms with van der Waals surface area (Å²) in [5, 5.41) is 4.45. The van der Waals surface area contributed by atoms with Crippen LogP contribution in [0.4, 0.5) is 11.5 Å². The number of halogens is 1. The number of aromatic nitrogens is 2. The van der Waals surface area contributed by atoms with Crippen molar-refractivity contribution in [2.75, 3.05) is 5.32 Å². The molecule has 0 radical (unpaired) electrons. The van der Waals surface area contributed by atoms with Gasteiger partial charge in [-0.05, 0) is 71.8 Å². The summed E-state index contributed by atoms with van der Waals surface area (Å²) in [6.45, 7) is 4.21. The van der Waals surface area contributed by atoms with E-state index < -0.39 is 0 Å². The molecule has 1 aromatic heterocycles. The maximum absolute atomic E-state index is 4.39. The van der Waals surface area contributed by atoms with E-state index in [9.17, 15) is 0 Å². The minimum atomic E-state index is 0.849. The fraction of sp³-hybridized carbons (Fsp3) is 0.125. The summed E-state index contributed by atoms with van der Waals surface area (Å²) in [5.41, 5.74) is 4.53. The van der Waals surface area contributed by atoms with Crippen molar-refractivity contribution in [1.29, 1.82) is 0 Å². The quantitative estimate of drug-likeness (QED) is 0.666. The van der Waals surface area contributed by atoms with Gasteiger partial charge in [0.05, 0.1) is 11.2 Å². The molecule has 100 valence electrons. The first-order valence-electron chi connectivity index (χ1n) is 6.38. The molecule has 0 atom stereocenters. The number of anilines is 2. The Morgan fingerprint density at radius 3 is 2.55 bits per heavy atom. The largest absolute Gasteiger partial charge is 0.339 e. The Hall–Kier alpha value is -1.69. The summed E-state index contributed by atoms with van der Waals surface area (Å²) in [7, 11) is 0. The van der Waals surface area contributed by atoms with E-state index in [2.05, 4.69) is 76.0 Å². The topological polar surface area (TPSA) is 37.8 Å². The third kappa shape index (κ3) is 2.47. The zero-order valence-electron chi connectivity index (χ0n) is 11.3. The number of para-hydroxylation sites is 1. The van der Waals surface area contributed by atoms with E-state index in [-0.39, 0.29) is 0 Å². The second-order valence-electron chi connectivity index (χ2n) is 4.78. The molecule has 0 aliphatic carbocycles. The standard InChI is InChI=1S/C16H14IN3/c1-10-7-12-15(8-11(10)2)18-9-19-16(12)20-14-6-4-3-5-13(14)17/h3-9H,1-2H3,(H,18,19,20). The van der Waals surface area contributed by atoms with Gasteiger partial charge in [0.1, 0.15) is 12.1 Å². The maximum Gasteiger partial charge on any atom is 0.141 e. The highest BCUT2D eigenvalue weighted by molar-refractivity contribution is 14.1. The summed E-state index contributed by atoms with van der Waals surface area (Å²) in [4.78, 5) is 8.74. The molecule has 0 saturated heterocycles. The van der Waals surface area contributed by atoms with Crippen LogP contribution in [0, 0.1) is 17.4 Å². The molecule has 0 aliphatic heterocycles. The molecule has 3 nitrogen and oxygen atoms in total. The molecule has 0 fully saturated rings. The molecule has 0 bridgehead atoms. The Labute approximate surface area is 131 Å². The van der Waals surface area contributed by atoms with E-state index >= 15 is 0 Å². The van der Waals surface area contributed by atoms with E-state index in [1.807, 2.05) is 12.1 Å². The highest BCUT2D eigenvalue weighted by Crippen LogP contribution is 2.27. The number of rotatable bonds is 2. The molecule has 2 aromatic carbocycles. The lowest BCUT2D eigenvalue weighted by Crippen LogP contribution is -1.98. The molecular formula is C16H14IN3. The van der Waals surface area contributed by atoms with Crippen LogP contribution < -0.4 is 5.32 Å². The van der Waals surface area contributed by atoms with Gasteiger partial charge in [-0.2, -0.15) is 0 Å². The Balaban J connectivity index is 2.12. The van der Waals surface area contributed by atoms with Crippen molar-refractivity contribution in [2.24, 2.45) is 0 Å². The molecule has 0 aliphatic rings. The predicted octanol–water partition coefficient (Wildman–Crippen LogP) is 4.59. The van der Waals surface area contributed by atoms with Gasteiger partial charge in [-0.3, -0.25) is 0 Å². The zero-order valence-corrected chi connectivity index (χ0v) is 13.5. The first kappa shape index (κ1) is 13.3. The molecule has 0 spiro atoms. The van der Waals surface area contributed by atoms with Crippen LogP contribution in [-0.2, 0) is 0 Å². The summed E-state index contributed by atoms with van der Waals surface area (Å²) in [6.07, 6.45) is 1.61. The van der Waals surface area contributed by atoms with E-state index in [0.717, 1.165) is 22.4 Å². The molecule has 3 aromatic rings. The van der Waals surface area contributed by atoms with Gasteiger partial charge >= 0.3 is 0 Å². The Morgan fingerprint density at radius 1 is 1.00 bits per heavy atom. The van der Waals surface area contributed by atoms with Gasteiger partial charge in [-0.1, -0.05) is 12.1 Å². The van der Waals surface area contributed by atoms with Crippen LogP contribution >= 0.6 is 22.6 Å². The molecule has 4 heteroatoms. The summed E-state index contributed by atoms with van der Waals surface area (Å²) in [5.74, 6) is 0.849. The molecule has 1 N–H and O–H groups in total. The highest BCUT2D eigenvalue weighted by atomic mass is 127. The van der Waals surface area contributed by atoms with Gasteiger partial charge in [0.15, 0.2) is 0 Å². The number of hydrogen-bond donors (Lipinski definition) is 1. The first-order valence-corrected chi connectivity index (χ1v) is 7.46. The molecule has 0 saturated carbocycles. The average Bonchev–Trinajstić information content (AvgIpc) is 2.43. The van der Waals surface area contributed by atoms with Gasteiger partial charge in [0.25, 0.3) is 0 Å². The van der Waals surface area contributed by atoms with E-state index in [0.29, 0.717) is 0 Å². The van der Waals surface area contributed by atoms with Crippen LogP contribution in [0.25, 0.3) is 10.9 Å². The van der Waals surface area contributed by atoms with Crippen molar-refractivity contribution in [3.63, 3.8) is 0 Å². The van der Waals surface area contributed by atoms with Crippen LogP contribution in [0.5, 0.6) is 0 Å². The SMILES string of the molecule is Cc1cc2ncnc(Nc3ccccc3I)c2cc1C. The van der Waals surface area contributed by atoms with Gasteiger partial charge in [0.2, 0.25) is 0 Å². The third-order valence-corrected chi connectivity index (χ3v) is 4.32. The minimum absolute atomic E-state index is 0.849. The smallest absolute Gasteiger partial charge is 0.141 e. The Bertz CT molecular complexity index is 784. The monoisotopic (exact) mass is 375 g/mol. The number of nitrogens with zero attached hydrogens (tertiary/aromatic N) is 2. The number of aryl methyl sites for hydroxylation is 2. The van der Waals surface area contributed by atoms with Crippen LogP contribution in [0.2, 0.25) is 0 Å². The van der Waals surface area contributed by atoms with E-state index in [1.54, 1.807) is 6.33 Å². The number of hydrogen-bond acceptors (Lipinski definition) is 3. The van der Waals surface area contributed by atoms with Crippen molar-refractivity contribution in [1.82, 2.24) is 9.97 Å². The van der Waals surface area contributed by atoms with Crippen molar-refractivity contribution < 1.29 is 0 Å². The predicted molar refractivity (Wildman–Crippen MR) is 91.5 cm³/mol. The van der Waals surface area contributed by atoms with E-state index in [1.165, 1.54) is 14.7 Å². The zero-order chi connectivity index (χ0) is 14.1. The van der Waals surface area contributed by atoms with Gasteiger partial charge in [0, 0.05) is 8.96 Å². The molecule has 0 amide bonds. The van der Waals surface area contributed by atoms with Crippen LogP contribution in [0.15, 0.2) is 42.7 Å². The molecular weight excluding hydrogens is 361 g/mol. The molecule has 0 unspecified atom stereocenters. The fourth-order valence-electron chi connectivity index (χ4n) is 2.11. The molecule has 1 heterocycles. The van der Waals surface area contributed by atoms with Gasteiger partial charge in [-0.15, -0.1) is 0 Å². The van der Waals surface area contributed by atoms with Crippen LogP contribution in [0.3, 0.4) is 0 Å². The van der Waals surface area contributed by atoms with Crippen LogP contribution in [0.1, 0.15) is 11.1 Å². The average molecular weight is 375 g/mol. The lowest BCUT2D eigenvalue weighted by Gasteiger charge is -2.11. The summed E-state index contributed by atoms with van der Waals surface area (Å²) < 4.78 is 1.17. The van der Waals surface area contributed by atoms with Gasteiger partial charge < -0.3 is 5.32 Å². The second kappa shape index (κ2) is 5.36. The second-order valence-corrected chi connectivity index (χ2v) is 5.94. The third-order valence-electron chi connectivity index (χ3n) is 3.38. The highest BCUT2D eigenvalue weighted by Gasteiger charge is 2.07. The normalized spacial score (nSPS) is 10.8.